The molecular formula is C17H23Cl2N3O2S. The van der Waals surface area contributed by atoms with Gasteiger partial charge in [0, 0.05) is 25.2 Å². The van der Waals surface area contributed by atoms with Crippen molar-refractivity contribution in [3.63, 3.8) is 0 Å². The summed E-state index contributed by atoms with van der Waals surface area (Å²) in [6, 6.07) is 5.47. The summed E-state index contributed by atoms with van der Waals surface area (Å²) in [6.45, 7) is 0. The summed E-state index contributed by atoms with van der Waals surface area (Å²) in [6.07, 6.45) is 6.54. The van der Waals surface area contributed by atoms with Gasteiger partial charge in [0.05, 0.1) is 17.0 Å². The predicted octanol–water partition coefficient (Wildman–Crippen LogP) is 3.53. The highest BCUT2D eigenvalue weighted by molar-refractivity contribution is 7.13. The van der Waals surface area contributed by atoms with Crippen molar-refractivity contribution in [2.24, 2.45) is 0 Å². The molecule has 25 heavy (non-hydrogen) atoms. The first-order valence-corrected chi connectivity index (χ1v) is 9.07. The van der Waals surface area contributed by atoms with E-state index in [4.69, 9.17) is 4.42 Å². The number of amides is 1. The number of halogens is 2. The third-order valence-corrected chi connectivity index (χ3v) is 5.86. The Morgan fingerprint density at radius 3 is 2.72 bits per heavy atom. The van der Waals surface area contributed by atoms with Crippen molar-refractivity contribution in [3.8, 4) is 10.8 Å². The van der Waals surface area contributed by atoms with E-state index in [9.17, 15) is 4.79 Å². The second kappa shape index (κ2) is 8.54. The molecule has 2 aliphatic rings. The fourth-order valence-corrected chi connectivity index (χ4v) is 4.38. The van der Waals surface area contributed by atoms with Gasteiger partial charge in [-0.1, -0.05) is 6.07 Å². The Morgan fingerprint density at radius 2 is 2.08 bits per heavy atom. The van der Waals surface area contributed by atoms with Crippen molar-refractivity contribution < 1.29 is 9.21 Å². The van der Waals surface area contributed by atoms with Gasteiger partial charge in [-0.3, -0.25) is 4.79 Å². The monoisotopic (exact) mass is 403 g/mol. The minimum absolute atomic E-state index is 0. The summed E-state index contributed by atoms with van der Waals surface area (Å²) in [4.78, 5) is 19.9. The molecule has 2 aliphatic heterocycles. The normalized spacial score (nSPS) is 24.3. The zero-order valence-electron chi connectivity index (χ0n) is 14.0. The van der Waals surface area contributed by atoms with Crippen molar-refractivity contribution in [1.29, 1.82) is 0 Å². The molecule has 0 aliphatic carbocycles. The molecule has 0 aromatic carbocycles. The highest BCUT2D eigenvalue weighted by Crippen LogP contribution is 2.29. The Bertz CT molecular complexity index is 680. The molecule has 2 fully saturated rings. The van der Waals surface area contributed by atoms with Crippen LogP contribution in [0.15, 0.2) is 28.2 Å². The molecule has 4 heterocycles. The van der Waals surface area contributed by atoms with Gasteiger partial charge in [0.1, 0.15) is 6.26 Å². The lowest BCUT2D eigenvalue weighted by atomic mass is 9.98. The van der Waals surface area contributed by atoms with Gasteiger partial charge in [-0.15, -0.1) is 36.2 Å². The molecule has 2 bridgehead atoms. The molecule has 2 unspecified atom stereocenters. The Morgan fingerprint density at radius 1 is 1.36 bits per heavy atom. The van der Waals surface area contributed by atoms with Gasteiger partial charge in [0.15, 0.2) is 0 Å². The van der Waals surface area contributed by atoms with Crippen LogP contribution in [0.3, 0.4) is 0 Å². The van der Waals surface area contributed by atoms with Crippen LogP contribution < -0.4 is 5.32 Å². The number of thiophene rings is 1. The van der Waals surface area contributed by atoms with Crippen LogP contribution in [0.4, 0.5) is 0 Å². The van der Waals surface area contributed by atoms with E-state index in [1.807, 2.05) is 29.5 Å². The second-order valence-electron chi connectivity index (χ2n) is 6.57. The molecule has 2 atom stereocenters. The summed E-state index contributed by atoms with van der Waals surface area (Å²) in [7, 11) is 1.93. The number of rotatable bonds is 4. The Labute approximate surface area is 164 Å². The number of likely N-dealkylation sites (N-methyl/N-ethyl adjacent to an activating group) is 1. The number of nitrogens with zero attached hydrogens (tertiary/aromatic N) is 2. The van der Waals surface area contributed by atoms with Crippen molar-refractivity contribution in [2.45, 2.75) is 50.2 Å². The van der Waals surface area contributed by atoms with Crippen molar-refractivity contribution in [1.82, 2.24) is 15.2 Å². The van der Waals surface area contributed by atoms with Gasteiger partial charge in [-0.2, -0.15) is 0 Å². The summed E-state index contributed by atoms with van der Waals surface area (Å²) in [5, 5.41) is 5.61. The van der Waals surface area contributed by atoms with E-state index in [1.165, 1.54) is 12.8 Å². The molecule has 138 valence electrons. The van der Waals surface area contributed by atoms with E-state index in [1.54, 1.807) is 17.6 Å². The first kappa shape index (κ1) is 20.2. The van der Waals surface area contributed by atoms with Gasteiger partial charge in [0.2, 0.25) is 11.8 Å². The summed E-state index contributed by atoms with van der Waals surface area (Å²) >= 11 is 1.59. The fraction of sp³-hybridized carbons (Fsp3) is 0.529. The molecule has 0 spiro atoms. The molecule has 8 heteroatoms. The Balaban J connectivity index is 0.00000113. The molecule has 5 nitrogen and oxygen atoms in total. The average molecular weight is 404 g/mol. The maximum absolute atomic E-state index is 12.6. The van der Waals surface area contributed by atoms with Crippen LogP contribution in [0.1, 0.15) is 31.4 Å². The smallest absolute Gasteiger partial charge is 0.236 e. The lowest BCUT2D eigenvalue weighted by molar-refractivity contribution is -0.132. The SMILES string of the molecule is CN(C(=O)Cc1coc(-c2cccs2)n1)C1CC2CCC(C1)N2.Cl.Cl. The van der Waals surface area contributed by atoms with Crippen LogP contribution in [-0.2, 0) is 11.2 Å². The molecule has 2 aromatic heterocycles. The van der Waals surface area contributed by atoms with E-state index < -0.39 is 0 Å². The minimum atomic E-state index is 0. The van der Waals surface area contributed by atoms with Crippen LogP contribution in [0.5, 0.6) is 0 Å². The number of nitrogens with one attached hydrogen (secondary N) is 1. The van der Waals surface area contributed by atoms with Gasteiger partial charge in [-0.25, -0.2) is 4.98 Å². The van der Waals surface area contributed by atoms with Crippen LogP contribution in [0.25, 0.3) is 10.8 Å². The van der Waals surface area contributed by atoms with Crippen LogP contribution in [0, 0.1) is 0 Å². The van der Waals surface area contributed by atoms with Crippen molar-refractivity contribution >= 4 is 42.1 Å². The first-order chi connectivity index (χ1) is 11.2. The summed E-state index contributed by atoms with van der Waals surface area (Å²) < 4.78 is 5.50. The average Bonchev–Trinajstić information content (AvgIpc) is 3.27. The Hall–Kier alpha value is -1.08. The van der Waals surface area contributed by atoms with Crippen LogP contribution in [-0.4, -0.2) is 41.0 Å². The highest BCUT2D eigenvalue weighted by Gasteiger charge is 2.36. The van der Waals surface area contributed by atoms with Gasteiger partial charge < -0.3 is 14.6 Å². The molecule has 1 N–H and O–H groups in total. The highest BCUT2D eigenvalue weighted by atomic mass is 35.5. The number of piperidine rings is 1. The van der Waals surface area contributed by atoms with E-state index in [0.29, 0.717) is 36.1 Å². The van der Waals surface area contributed by atoms with Crippen LogP contribution >= 0.6 is 36.2 Å². The Kier molecular flexibility index (Phi) is 6.91. The maximum Gasteiger partial charge on any atom is 0.236 e. The number of oxazole rings is 1. The van der Waals surface area contributed by atoms with Crippen LogP contribution in [0.2, 0.25) is 0 Å². The van der Waals surface area contributed by atoms with E-state index in [0.717, 1.165) is 17.7 Å². The largest absolute Gasteiger partial charge is 0.444 e. The van der Waals surface area contributed by atoms with Gasteiger partial charge in [-0.05, 0) is 37.1 Å². The first-order valence-electron chi connectivity index (χ1n) is 8.19. The van der Waals surface area contributed by atoms with Gasteiger partial charge in [0.25, 0.3) is 0 Å². The van der Waals surface area contributed by atoms with Gasteiger partial charge >= 0.3 is 0 Å². The lowest BCUT2D eigenvalue weighted by Gasteiger charge is -2.35. The third-order valence-electron chi connectivity index (χ3n) is 5.01. The third kappa shape index (κ3) is 4.37. The summed E-state index contributed by atoms with van der Waals surface area (Å²) in [5.74, 6) is 0.729. The molecule has 2 aromatic rings. The van der Waals surface area contributed by atoms with E-state index in [-0.39, 0.29) is 30.7 Å². The molecule has 0 saturated carbocycles. The minimum Gasteiger partial charge on any atom is -0.444 e. The molecule has 0 radical (unpaired) electrons. The van der Waals surface area contributed by atoms with Crippen molar-refractivity contribution in [3.05, 3.63) is 29.5 Å². The number of carbonyl (C=O) groups is 1. The molecular weight excluding hydrogens is 381 g/mol. The second-order valence-corrected chi connectivity index (χ2v) is 7.51. The molecule has 4 rings (SSSR count). The quantitative estimate of drug-likeness (QED) is 0.847. The topological polar surface area (TPSA) is 58.4 Å². The standard InChI is InChI=1S/C17H21N3O2S.2ClH/c1-20(14-7-11-4-5-12(8-14)18-11)16(21)9-13-10-22-17(19-13)15-3-2-6-23-15;;/h2-3,6,10-12,14,18H,4-5,7-9H2,1H3;2*1H. The predicted molar refractivity (Wildman–Crippen MR) is 104 cm³/mol. The number of fused-ring (bicyclic) bond motifs is 2. The number of carbonyl (C=O) groups excluding carboxylic acids is 1. The molecule has 1 amide bonds. The van der Waals surface area contributed by atoms with Crippen molar-refractivity contribution in [2.75, 3.05) is 7.05 Å². The number of aromatic nitrogens is 1. The lowest BCUT2D eigenvalue weighted by Crippen LogP contribution is -2.49. The number of hydrogen-bond donors (Lipinski definition) is 1. The zero-order valence-corrected chi connectivity index (χ0v) is 16.5. The van der Waals surface area contributed by atoms with E-state index in [2.05, 4.69) is 10.3 Å². The summed E-state index contributed by atoms with van der Waals surface area (Å²) in [5.41, 5.74) is 0.710. The fourth-order valence-electron chi connectivity index (χ4n) is 3.73. The zero-order chi connectivity index (χ0) is 15.8. The molecule has 2 saturated heterocycles. The maximum atomic E-state index is 12.6. The number of hydrogen-bond acceptors (Lipinski definition) is 5. The van der Waals surface area contributed by atoms with E-state index >= 15 is 0 Å².